The number of rotatable bonds is 7. The normalized spacial score (nSPS) is 13.2. The summed E-state index contributed by atoms with van der Waals surface area (Å²) in [6.45, 7) is 8.84. The lowest BCUT2D eigenvalue weighted by atomic mass is 10.2. The predicted molar refractivity (Wildman–Crippen MR) is 128 cm³/mol. The van der Waals surface area contributed by atoms with Crippen LogP contribution in [0, 0.1) is 11.8 Å². The molecule has 0 saturated heterocycles. The molecule has 1 atom stereocenters. The molecule has 2 aromatic rings. The maximum atomic E-state index is 7.16. The van der Waals surface area contributed by atoms with Crippen molar-refractivity contribution in [1.29, 1.82) is 0 Å². The molecule has 0 aromatic heterocycles. The Hall–Kier alpha value is -1.35. The minimum atomic E-state index is -2.52. The van der Waals surface area contributed by atoms with Crippen LogP contribution in [-0.4, -0.2) is 14.4 Å². The third-order valence-electron chi connectivity index (χ3n) is 4.75. The van der Waals surface area contributed by atoms with Gasteiger partial charge in [0.05, 0.1) is 6.10 Å². The molecule has 0 aliphatic heterocycles. The fourth-order valence-corrected chi connectivity index (χ4v) is 8.52. The van der Waals surface area contributed by atoms with E-state index in [1.54, 1.807) is 0 Å². The minimum Gasteiger partial charge on any atom is -0.403 e. The van der Waals surface area contributed by atoms with Gasteiger partial charge in [-0.3, -0.25) is 0 Å². The van der Waals surface area contributed by atoms with Crippen LogP contribution in [0.15, 0.2) is 70.8 Å². The molecular formula is C24H29IOSi. The highest BCUT2D eigenvalue weighted by Crippen LogP contribution is 2.38. The highest BCUT2D eigenvalue weighted by atomic mass is 127. The molecule has 2 aromatic carbocycles. The Morgan fingerprint density at radius 1 is 1.00 bits per heavy atom. The van der Waals surface area contributed by atoms with Gasteiger partial charge in [0.1, 0.15) is 0 Å². The second kappa shape index (κ2) is 10.3. The number of hydrogen-bond acceptors (Lipinski definition) is 1. The van der Waals surface area contributed by atoms with E-state index in [-0.39, 0.29) is 11.1 Å². The van der Waals surface area contributed by atoms with Gasteiger partial charge >= 0.3 is 0 Å². The molecule has 27 heavy (non-hydrogen) atoms. The summed E-state index contributed by atoms with van der Waals surface area (Å²) in [4.78, 5) is 0. The van der Waals surface area contributed by atoms with Gasteiger partial charge in [-0.1, -0.05) is 110 Å². The first-order valence-corrected chi connectivity index (χ1v) is 12.5. The monoisotopic (exact) mass is 488 g/mol. The van der Waals surface area contributed by atoms with Crippen molar-refractivity contribution in [3.05, 3.63) is 70.8 Å². The van der Waals surface area contributed by atoms with Gasteiger partial charge in [-0.15, -0.1) is 11.8 Å². The van der Waals surface area contributed by atoms with Crippen molar-refractivity contribution in [3.63, 3.8) is 0 Å². The van der Waals surface area contributed by atoms with Crippen molar-refractivity contribution in [1.82, 2.24) is 0 Å². The molecule has 1 nitrogen and oxygen atoms in total. The zero-order valence-corrected chi connectivity index (χ0v) is 19.9. The van der Waals surface area contributed by atoms with E-state index >= 15 is 0 Å². The Balaban J connectivity index is 2.64. The Morgan fingerprint density at radius 2 is 1.52 bits per heavy atom. The SMILES string of the molecule is CC#CC[C@@H](CC=CI)O[Si](c1ccccc1)(c1ccccc1)C(C)(C)C. The van der Waals surface area contributed by atoms with Gasteiger partial charge < -0.3 is 4.43 Å². The van der Waals surface area contributed by atoms with Gasteiger partial charge in [-0.25, -0.2) is 0 Å². The van der Waals surface area contributed by atoms with E-state index in [1.165, 1.54) is 10.4 Å². The van der Waals surface area contributed by atoms with Gasteiger partial charge in [0.2, 0.25) is 0 Å². The van der Waals surface area contributed by atoms with Crippen molar-refractivity contribution in [3.8, 4) is 11.8 Å². The fourth-order valence-electron chi connectivity index (χ4n) is 3.53. The average Bonchev–Trinajstić information content (AvgIpc) is 2.68. The zero-order chi connectivity index (χ0) is 19.8. The maximum absolute atomic E-state index is 7.16. The summed E-state index contributed by atoms with van der Waals surface area (Å²) >= 11 is 2.27. The average molecular weight is 488 g/mol. The summed E-state index contributed by atoms with van der Waals surface area (Å²) in [6, 6.07) is 21.6. The van der Waals surface area contributed by atoms with Crippen LogP contribution in [0.2, 0.25) is 5.04 Å². The van der Waals surface area contributed by atoms with E-state index in [0.717, 1.165) is 12.8 Å². The lowest BCUT2D eigenvalue weighted by molar-refractivity contribution is 0.196. The predicted octanol–water partition coefficient (Wildman–Crippen LogP) is 5.68. The zero-order valence-electron chi connectivity index (χ0n) is 16.7. The van der Waals surface area contributed by atoms with Crippen molar-refractivity contribution in [2.45, 2.75) is 51.7 Å². The summed E-state index contributed by atoms with van der Waals surface area (Å²) in [5, 5.41) is 2.62. The molecule has 0 heterocycles. The molecule has 142 valence electrons. The van der Waals surface area contributed by atoms with Crippen molar-refractivity contribution < 1.29 is 4.43 Å². The number of halogens is 1. The molecule has 0 aliphatic rings. The van der Waals surface area contributed by atoms with Crippen molar-refractivity contribution >= 4 is 41.3 Å². The van der Waals surface area contributed by atoms with Crippen LogP contribution in [0.1, 0.15) is 40.5 Å². The van der Waals surface area contributed by atoms with E-state index in [9.17, 15) is 0 Å². The first-order valence-electron chi connectivity index (χ1n) is 9.39. The van der Waals surface area contributed by atoms with Crippen LogP contribution in [0.3, 0.4) is 0 Å². The molecule has 0 radical (unpaired) electrons. The number of benzene rings is 2. The minimum absolute atomic E-state index is 0.0123. The third-order valence-corrected chi connectivity index (χ3v) is 10.4. The van der Waals surface area contributed by atoms with Crippen molar-refractivity contribution in [2.75, 3.05) is 0 Å². The highest BCUT2D eigenvalue weighted by molar-refractivity contribution is 14.1. The molecule has 0 aliphatic carbocycles. The van der Waals surface area contributed by atoms with E-state index < -0.39 is 8.32 Å². The number of hydrogen-bond donors (Lipinski definition) is 0. The summed E-state index contributed by atoms with van der Waals surface area (Å²) in [5.74, 6) is 6.28. The summed E-state index contributed by atoms with van der Waals surface area (Å²) in [7, 11) is -2.52. The Morgan fingerprint density at radius 3 is 1.93 bits per heavy atom. The van der Waals surface area contributed by atoms with Crippen LogP contribution in [0.4, 0.5) is 0 Å². The Bertz CT molecular complexity index is 742. The summed E-state index contributed by atoms with van der Waals surface area (Å²) in [5.41, 5.74) is 0. The first kappa shape index (κ1) is 21.9. The molecule has 2 rings (SSSR count). The largest absolute Gasteiger partial charge is 0.403 e. The lowest BCUT2D eigenvalue weighted by Crippen LogP contribution is -2.67. The van der Waals surface area contributed by atoms with Gasteiger partial charge in [-0.2, -0.15) is 0 Å². The smallest absolute Gasteiger partial charge is 0.261 e. The lowest BCUT2D eigenvalue weighted by Gasteiger charge is -2.45. The first-order chi connectivity index (χ1) is 13.0. The van der Waals surface area contributed by atoms with Crippen molar-refractivity contribution in [2.24, 2.45) is 0 Å². The molecular weight excluding hydrogens is 459 g/mol. The molecule has 0 spiro atoms. The van der Waals surface area contributed by atoms with E-state index in [1.807, 2.05) is 6.92 Å². The maximum Gasteiger partial charge on any atom is 0.261 e. The topological polar surface area (TPSA) is 9.23 Å². The fraction of sp³-hybridized carbons (Fsp3) is 0.333. The highest BCUT2D eigenvalue weighted by Gasteiger charge is 2.51. The molecule has 3 heteroatoms. The Kier molecular flexibility index (Phi) is 8.34. The summed E-state index contributed by atoms with van der Waals surface area (Å²) in [6.07, 6.45) is 3.89. The quantitative estimate of drug-likeness (QED) is 0.277. The molecule has 0 N–H and O–H groups in total. The third kappa shape index (κ3) is 5.34. The van der Waals surface area contributed by atoms with Gasteiger partial charge in [0.15, 0.2) is 0 Å². The molecule has 0 amide bonds. The van der Waals surface area contributed by atoms with E-state index in [4.69, 9.17) is 4.43 Å². The van der Waals surface area contributed by atoms with Gasteiger partial charge in [0.25, 0.3) is 8.32 Å². The van der Waals surface area contributed by atoms with E-state index in [2.05, 4.69) is 126 Å². The Labute approximate surface area is 179 Å². The van der Waals surface area contributed by atoms with Gasteiger partial charge in [-0.05, 0) is 32.8 Å². The van der Waals surface area contributed by atoms with Gasteiger partial charge in [0, 0.05) is 6.42 Å². The molecule has 0 bridgehead atoms. The van der Waals surface area contributed by atoms with Crippen LogP contribution < -0.4 is 10.4 Å². The second-order valence-electron chi connectivity index (χ2n) is 7.63. The van der Waals surface area contributed by atoms with Crippen LogP contribution in [0.5, 0.6) is 0 Å². The van der Waals surface area contributed by atoms with E-state index in [0.29, 0.717) is 0 Å². The standard InChI is InChI=1S/C24H29IOSi/c1-5-6-14-21(15-13-20-25)26-27(24(2,3)4,22-16-9-7-10-17-22)23-18-11-8-12-19-23/h7-13,16-21H,14-15H2,1-4H3/t21-/m0/s1. The van der Waals surface area contributed by atoms with Crippen LogP contribution in [0.25, 0.3) is 0 Å². The summed E-state index contributed by atoms with van der Waals surface area (Å²) < 4.78 is 9.23. The van der Waals surface area contributed by atoms with Crippen LogP contribution >= 0.6 is 22.6 Å². The van der Waals surface area contributed by atoms with Crippen LogP contribution in [-0.2, 0) is 4.43 Å². The molecule has 0 fully saturated rings. The molecule has 0 unspecified atom stereocenters. The molecule has 0 saturated carbocycles. The second-order valence-corrected chi connectivity index (χ2v) is 12.6.